The van der Waals surface area contributed by atoms with E-state index in [9.17, 15) is 7.54 Å². The number of piperidine rings is 1. The highest BCUT2D eigenvalue weighted by Gasteiger charge is 2.65. The average molecular weight is 306 g/mol. The van der Waals surface area contributed by atoms with Gasteiger partial charge < -0.3 is 14.4 Å². The Morgan fingerprint density at radius 3 is 3.27 bits per heavy atom. The lowest BCUT2D eigenvalue weighted by Gasteiger charge is -2.57. The lowest BCUT2D eigenvalue weighted by Crippen LogP contribution is -2.65. The van der Waals surface area contributed by atoms with Crippen LogP contribution in [0.4, 0.5) is 0 Å². The third kappa shape index (κ3) is 1.27. The number of likely N-dealkylation sites (tertiary alicyclic amines) is 1. The highest BCUT2D eigenvalue weighted by molar-refractivity contribution is 5.89. The molecule has 2 aliphatic carbocycles. The number of ether oxygens (including phenoxy) is 2. The zero-order valence-electron chi connectivity index (χ0n) is 19.5. The molecule has 2 heterocycles. The summed E-state index contributed by atoms with van der Waals surface area (Å²) in [5.41, 5.74) is -0.976. The van der Waals surface area contributed by atoms with Gasteiger partial charge in [-0.15, -0.1) is 0 Å². The largest absolute Gasteiger partial charge is 0.493 e. The first kappa shape index (κ1) is 7.82. The maximum atomic E-state index is 13.2. The molecule has 4 heteroatoms. The number of likely N-dealkylation sites (N-methyl/N-ethyl adjacent to an activating group) is 1. The van der Waals surface area contributed by atoms with Crippen LogP contribution in [0.5, 0.6) is 11.5 Å². The molecule has 1 aromatic rings. The van der Waals surface area contributed by atoms with Gasteiger partial charge in [-0.1, -0.05) is 6.04 Å². The molecule has 1 spiro atoms. The van der Waals surface area contributed by atoms with Crippen molar-refractivity contribution in [2.24, 2.45) is 5.89 Å². The number of carbonyl (C=O) groups excluding carboxylic acids is 1. The van der Waals surface area contributed by atoms with Gasteiger partial charge in [-0.25, -0.2) is 0 Å². The molecule has 1 unspecified atom stereocenters. The molecule has 4 atom stereocenters. The third-order valence-electron chi connectivity index (χ3n) is 5.41. The molecule has 1 aromatic carbocycles. The Labute approximate surface area is 140 Å². The lowest BCUT2D eigenvalue weighted by molar-refractivity contribution is -0.138. The van der Waals surface area contributed by atoms with Crippen LogP contribution in [-0.2, 0) is 16.6 Å². The third-order valence-corrected chi connectivity index (χ3v) is 5.41. The van der Waals surface area contributed by atoms with Gasteiger partial charge in [-0.05, 0) is 50.4 Å². The number of hydrogen-bond acceptors (Lipinski definition) is 4. The minimum atomic E-state index is -2.52. The zero-order chi connectivity index (χ0) is 21.4. The number of methoxy groups -OCH3 is 1. The number of nitrogens with zero attached hydrogens (tertiary/aromatic N) is 1. The van der Waals surface area contributed by atoms with Crippen LogP contribution in [-0.4, -0.2) is 43.5 Å². The highest BCUT2D eigenvalue weighted by Crippen LogP contribution is 2.62. The summed E-state index contributed by atoms with van der Waals surface area (Å²) < 4.78 is 72.4. The van der Waals surface area contributed by atoms with Gasteiger partial charge in [0, 0.05) is 28.9 Å². The molecule has 22 heavy (non-hydrogen) atoms. The van der Waals surface area contributed by atoms with Crippen LogP contribution >= 0.6 is 0 Å². The second kappa shape index (κ2) is 4.05. The second-order valence-corrected chi connectivity index (χ2v) is 6.26. The Morgan fingerprint density at radius 2 is 2.45 bits per heavy atom. The first-order valence-corrected chi connectivity index (χ1v) is 7.48. The van der Waals surface area contributed by atoms with Crippen LogP contribution < -0.4 is 9.47 Å². The smallest absolute Gasteiger partial charge is 0.174 e. The minimum Gasteiger partial charge on any atom is -0.493 e. The van der Waals surface area contributed by atoms with Crippen molar-refractivity contribution in [3.63, 3.8) is 0 Å². The van der Waals surface area contributed by atoms with Crippen molar-refractivity contribution < 1.29 is 23.9 Å². The normalized spacial score (nSPS) is 55.4. The molecular weight excluding hydrogens is 278 g/mol. The van der Waals surface area contributed by atoms with Crippen LogP contribution in [0.2, 0.25) is 0 Å². The molecular formula is C18H21NO3. The van der Waals surface area contributed by atoms with Crippen molar-refractivity contribution in [1.29, 1.82) is 0 Å². The van der Waals surface area contributed by atoms with E-state index in [1.807, 2.05) is 0 Å². The lowest BCUT2D eigenvalue weighted by atomic mass is 9.52. The Hall–Kier alpha value is -1.55. The topological polar surface area (TPSA) is 38.8 Å². The average Bonchev–Trinajstić information content (AvgIpc) is 2.90. The van der Waals surface area contributed by atoms with Crippen molar-refractivity contribution >= 4 is 5.78 Å². The van der Waals surface area contributed by atoms with Crippen molar-refractivity contribution in [1.82, 2.24) is 4.90 Å². The summed E-state index contributed by atoms with van der Waals surface area (Å²) in [6.45, 7) is 0.321. The Morgan fingerprint density at radius 1 is 1.59 bits per heavy atom. The fourth-order valence-electron chi connectivity index (χ4n) is 4.41. The van der Waals surface area contributed by atoms with Crippen molar-refractivity contribution in [3.05, 3.63) is 23.2 Å². The van der Waals surface area contributed by atoms with Crippen molar-refractivity contribution in [3.8, 4) is 11.5 Å². The van der Waals surface area contributed by atoms with Gasteiger partial charge in [0.2, 0.25) is 0 Å². The molecule has 4 aliphatic rings. The van der Waals surface area contributed by atoms with E-state index in [0.29, 0.717) is 17.7 Å². The molecule has 1 saturated heterocycles. The van der Waals surface area contributed by atoms with Gasteiger partial charge in [0.05, 0.1) is 11.2 Å². The molecule has 0 amide bonds. The fourth-order valence-corrected chi connectivity index (χ4v) is 4.41. The number of benzene rings is 1. The molecule has 0 N–H and O–H groups in total. The molecule has 116 valence electrons. The van der Waals surface area contributed by atoms with Gasteiger partial charge in [-0.2, -0.15) is 0 Å². The molecule has 0 aromatic heterocycles. The molecule has 0 radical (unpaired) electrons. The van der Waals surface area contributed by atoms with Crippen LogP contribution in [0.1, 0.15) is 39.9 Å². The number of rotatable bonds is 1. The van der Waals surface area contributed by atoms with E-state index in [1.54, 1.807) is 11.9 Å². The Balaban J connectivity index is 1.99. The predicted octanol–water partition coefficient (Wildman–Crippen LogP) is 1.93. The first-order valence-electron chi connectivity index (χ1n) is 11.0. The zero-order valence-corrected chi connectivity index (χ0v) is 12.5. The van der Waals surface area contributed by atoms with E-state index < -0.39 is 42.0 Å². The number of carbonyl (C=O) groups is 1. The van der Waals surface area contributed by atoms with Crippen LogP contribution in [0.25, 0.3) is 0 Å². The summed E-state index contributed by atoms with van der Waals surface area (Å²) in [4.78, 5) is 14.9. The maximum Gasteiger partial charge on any atom is 0.174 e. The van der Waals surface area contributed by atoms with E-state index in [4.69, 9.17) is 16.3 Å². The predicted molar refractivity (Wildman–Crippen MR) is 81.6 cm³/mol. The summed E-state index contributed by atoms with van der Waals surface area (Å²) >= 11 is 0. The van der Waals surface area contributed by atoms with Gasteiger partial charge in [0.1, 0.15) is 0 Å². The first-order chi connectivity index (χ1) is 13.3. The van der Waals surface area contributed by atoms with Crippen LogP contribution in [0, 0.1) is 5.89 Å². The van der Waals surface area contributed by atoms with Gasteiger partial charge in [0.15, 0.2) is 23.4 Å². The summed E-state index contributed by atoms with van der Waals surface area (Å²) in [5.74, 6) is -3.06. The van der Waals surface area contributed by atoms with E-state index >= 15 is 0 Å². The van der Waals surface area contributed by atoms with E-state index in [0.717, 1.165) is 0 Å². The monoisotopic (exact) mass is 306 g/mol. The second-order valence-electron chi connectivity index (χ2n) is 6.26. The van der Waals surface area contributed by atoms with Crippen molar-refractivity contribution in [2.75, 3.05) is 20.7 Å². The summed E-state index contributed by atoms with van der Waals surface area (Å²) in [6, 6.07) is -2.11. The molecule has 4 nitrogen and oxygen atoms in total. The van der Waals surface area contributed by atoms with Gasteiger partial charge >= 0.3 is 0 Å². The summed E-state index contributed by atoms with van der Waals surface area (Å²) in [6.07, 6.45) is -5.46. The maximum absolute atomic E-state index is 13.2. The van der Waals surface area contributed by atoms with Crippen LogP contribution in [0.3, 0.4) is 0 Å². The quantitative estimate of drug-likeness (QED) is 0.795. The van der Waals surface area contributed by atoms with Crippen LogP contribution in [0.15, 0.2) is 12.1 Å². The van der Waals surface area contributed by atoms with Gasteiger partial charge in [0.25, 0.3) is 0 Å². The minimum absolute atomic E-state index is 0.0206. The Bertz CT molecular complexity index is 1000. The number of Topliss-reactive ketones (excluding diaryl/α,β-unsaturated/α-hetero) is 1. The van der Waals surface area contributed by atoms with E-state index in [1.165, 1.54) is 7.11 Å². The highest BCUT2D eigenvalue weighted by atomic mass is 16.5. The summed E-state index contributed by atoms with van der Waals surface area (Å²) in [5, 5.41) is 0. The SMILES string of the molecule is [2H]c1c([2H])c(OC)c2c3c1C[C@@]1([2H])N(C)CC[C@@]34C([2H])(O2)C(=O)C([2H])([2H])C[C@@]14[2H]. The van der Waals surface area contributed by atoms with Gasteiger partial charge in [-0.3, -0.25) is 4.79 Å². The standard InChI is InChI=1S/C18H21NO3/c1-19-8-7-18-11-4-5-13(20)17(18)22-16-14(21-2)6-3-10(15(16)18)9-12(11)19/h3,6,11-12,17H,4-5,7-9H2,1-2H3/t11-,12+,17?,18-/m0/s1/i3D,5D2,6D,11D,12D,17D. The molecule has 2 bridgehead atoms. The fraction of sp³-hybridized carbons (Fsp3) is 0.611. The summed E-state index contributed by atoms with van der Waals surface area (Å²) in [7, 11) is 2.97. The van der Waals surface area contributed by atoms with Crippen molar-refractivity contribution in [2.45, 2.75) is 43.1 Å². The molecule has 2 aliphatic heterocycles. The Kier molecular flexibility index (Phi) is 1.44. The number of ketones is 1. The molecule has 5 rings (SSSR count). The van der Waals surface area contributed by atoms with E-state index in [2.05, 4.69) is 0 Å². The number of hydrogen-bond donors (Lipinski definition) is 0. The van der Waals surface area contributed by atoms with E-state index in [-0.39, 0.29) is 36.4 Å². The molecule has 1 saturated carbocycles. The molecule has 2 fully saturated rings.